The lowest BCUT2D eigenvalue weighted by atomic mass is 10.3. The maximum Gasteiger partial charge on any atom is 0.196 e. The average molecular weight is 261 g/mol. The van der Waals surface area contributed by atoms with E-state index < -0.39 is 0 Å². The summed E-state index contributed by atoms with van der Waals surface area (Å²) in [6.45, 7) is 5.88. The fraction of sp³-hybridized carbons (Fsp3) is 0.231. The Labute approximate surface area is 111 Å². The van der Waals surface area contributed by atoms with Gasteiger partial charge in [-0.25, -0.2) is 0 Å². The van der Waals surface area contributed by atoms with Gasteiger partial charge in [-0.15, -0.1) is 10.2 Å². The van der Waals surface area contributed by atoms with Crippen LogP contribution in [0, 0.1) is 0 Å². The number of aromatic nitrogens is 3. The number of thioether (sulfide) groups is 1. The molecule has 0 radical (unpaired) electrons. The number of methoxy groups -OCH3 is 1. The van der Waals surface area contributed by atoms with Crippen molar-refractivity contribution in [3.63, 3.8) is 0 Å². The van der Waals surface area contributed by atoms with Gasteiger partial charge in [0, 0.05) is 5.75 Å². The average Bonchev–Trinajstić information content (AvgIpc) is 2.84. The van der Waals surface area contributed by atoms with E-state index in [4.69, 9.17) is 4.74 Å². The molecule has 0 aliphatic heterocycles. The van der Waals surface area contributed by atoms with Crippen LogP contribution in [0.3, 0.4) is 0 Å². The maximum atomic E-state index is 5.35. The van der Waals surface area contributed by atoms with E-state index in [0.717, 1.165) is 27.9 Å². The number of rotatable bonds is 5. The van der Waals surface area contributed by atoms with Crippen LogP contribution in [-0.2, 0) is 0 Å². The number of nitrogens with zero attached hydrogens (tertiary/aromatic N) is 3. The van der Waals surface area contributed by atoms with Crippen molar-refractivity contribution in [3.8, 4) is 11.4 Å². The molecule has 0 spiro atoms. The quantitative estimate of drug-likeness (QED) is 0.613. The van der Waals surface area contributed by atoms with E-state index in [1.807, 2.05) is 35.8 Å². The monoisotopic (exact) mass is 261 g/mol. The van der Waals surface area contributed by atoms with Gasteiger partial charge in [-0.3, -0.25) is 4.57 Å². The molecule has 2 rings (SSSR count). The van der Waals surface area contributed by atoms with Gasteiger partial charge in [0.1, 0.15) is 12.1 Å². The molecule has 94 valence electrons. The van der Waals surface area contributed by atoms with Gasteiger partial charge in [-0.2, -0.15) is 0 Å². The second-order valence-corrected chi connectivity index (χ2v) is 4.84. The standard InChI is InChI=1S/C13H15N3OS/c1-10(2)8-18-13-15-14-9-16(13)11-6-4-5-7-12(11)17-3/h4-7,9H,1,8H2,2-3H3. The van der Waals surface area contributed by atoms with E-state index in [-0.39, 0.29) is 0 Å². The first-order valence-corrected chi connectivity index (χ1v) is 6.51. The summed E-state index contributed by atoms with van der Waals surface area (Å²) in [5.74, 6) is 1.63. The minimum absolute atomic E-state index is 0.800. The van der Waals surface area contributed by atoms with Crippen LogP contribution in [0.4, 0.5) is 0 Å². The molecule has 0 aliphatic carbocycles. The summed E-state index contributed by atoms with van der Waals surface area (Å²) in [5, 5.41) is 8.91. The molecule has 0 saturated heterocycles. The van der Waals surface area contributed by atoms with Gasteiger partial charge in [-0.1, -0.05) is 36.0 Å². The van der Waals surface area contributed by atoms with Crippen LogP contribution in [0.5, 0.6) is 5.75 Å². The van der Waals surface area contributed by atoms with Crippen LogP contribution in [-0.4, -0.2) is 27.6 Å². The highest BCUT2D eigenvalue weighted by Crippen LogP contribution is 2.26. The van der Waals surface area contributed by atoms with E-state index in [2.05, 4.69) is 16.8 Å². The summed E-state index contributed by atoms with van der Waals surface area (Å²) in [6.07, 6.45) is 1.69. The first kappa shape index (κ1) is 12.7. The van der Waals surface area contributed by atoms with Gasteiger partial charge in [-0.05, 0) is 19.1 Å². The molecule has 0 bridgehead atoms. The van der Waals surface area contributed by atoms with Crippen molar-refractivity contribution in [3.05, 3.63) is 42.7 Å². The zero-order chi connectivity index (χ0) is 13.0. The third-order valence-electron chi connectivity index (χ3n) is 2.31. The summed E-state index contributed by atoms with van der Waals surface area (Å²) in [7, 11) is 1.66. The molecular formula is C13H15N3OS. The van der Waals surface area contributed by atoms with Crippen LogP contribution >= 0.6 is 11.8 Å². The molecule has 1 heterocycles. The molecule has 0 aliphatic rings. The Kier molecular flexibility index (Phi) is 4.04. The third-order valence-corrected chi connectivity index (χ3v) is 3.48. The third kappa shape index (κ3) is 2.73. The first-order valence-electron chi connectivity index (χ1n) is 5.53. The molecular weight excluding hydrogens is 246 g/mol. The van der Waals surface area contributed by atoms with Gasteiger partial charge >= 0.3 is 0 Å². The Morgan fingerprint density at radius 2 is 2.22 bits per heavy atom. The molecule has 5 heteroatoms. The minimum atomic E-state index is 0.800. The number of hydrogen-bond acceptors (Lipinski definition) is 4. The Bertz CT molecular complexity index is 551. The van der Waals surface area contributed by atoms with Crippen LogP contribution in [0.25, 0.3) is 5.69 Å². The van der Waals surface area contributed by atoms with E-state index >= 15 is 0 Å². The zero-order valence-electron chi connectivity index (χ0n) is 10.5. The molecule has 2 aromatic rings. The largest absolute Gasteiger partial charge is 0.495 e. The number of hydrogen-bond donors (Lipinski definition) is 0. The number of benzene rings is 1. The minimum Gasteiger partial charge on any atom is -0.495 e. The molecule has 1 aromatic heterocycles. The van der Waals surface area contributed by atoms with Gasteiger partial charge in [0.05, 0.1) is 12.8 Å². The second kappa shape index (κ2) is 5.73. The molecule has 0 unspecified atom stereocenters. The SMILES string of the molecule is C=C(C)CSc1nncn1-c1ccccc1OC. The molecule has 18 heavy (non-hydrogen) atoms. The predicted octanol–water partition coefficient (Wildman–Crippen LogP) is 2.94. The molecule has 0 amide bonds. The first-order chi connectivity index (χ1) is 8.72. The highest BCUT2D eigenvalue weighted by atomic mass is 32.2. The van der Waals surface area contributed by atoms with E-state index in [0.29, 0.717) is 0 Å². The lowest BCUT2D eigenvalue weighted by Gasteiger charge is -2.10. The lowest BCUT2D eigenvalue weighted by molar-refractivity contribution is 0.412. The van der Waals surface area contributed by atoms with Crippen molar-refractivity contribution in [1.29, 1.82) is 0 Å². The van der Waals surface area contributed by atoms with Crippen molar-refractivity contribution < 1.29 is 4.74 Å². The Balaban J connectivity index is 2.33. The number of ether oxygens (including phenoxy) is 1. The second-order valence-electron chi connectivity index (χ2n) is 3.90. The molecule has 0 fully saturated rings. The van der Waals surface area contributed by atoms with Crippen molar-refractivity contribution in [2.24, 2.45) is 0 Å². The molecule has 4 nitrogen and oxygen atoms in total. The molecule has 1 aromatic carbocycles. The predicted molar refractivity (Wildman–Crippen MR) is 73.4 cm³/mol. The maximum absolute atomic E-state index is 5.35. The van der Waals surface area contributed by atoms with Crippen molar-refractivity contribution in [1.82, 2.24) is 14.8 Å². The smallest absolute Gasteiger partial charge is 0.196 e. The number of para-hydroxylation sites is 2. The molecule has 0 atom stereocenters. The topological polar surface area (TPSA) is 39.9 Å². The van der Waals surface area contributed by atoms with Gasteiger partial charge in [0.25, 0.3) is 0 Å². The summed E-state index contributed by atoms with van der Waals surface area (Å²) < 4.78 is 7.27. The Morgan fingerprint density at radius 3 is 2.94 bits per heavy atom. The normalized spacial score (nSPS) is 10.3. The van der Waals surface area contributed by atoms with E-state index in [1.54, 1.807) is 25.2 Å². The Hall–Kier alpha value is -1.75. The van der Waals surface area contributed by atoms with Crippen LogP contribution < -0.4 is 4.74 Å². The van der Waals surface area contributed by atoms with Crippen molar-refractivity contribution in [2.75, 3.05) is 12.9 Å². The van der Waals surface area contributed by atoms with Crippen molar-refractivity contribution >= 4 is 11.8 Å². The van der Waals surface area contributed by atoms with E-state index in [1.165, 1.54) is 0 Å². The Morgan fingerprint density at radius 1 is 1.44 bits per heavy atom. The summed E-state index contributed by atoms with van der Waals surface area (Å²) in [5.41, 5.74) is 2.05. The lowest BCUT2D eigenvalue weighted by Crippen LogP contribution is -1.99. The summed E-state index contributed by atoms with van der Waals surface area (Å²) in [6, 6.07) is 7.80. The van der Waals surface area contributed by atoms with Gasteiger partial charge in [0.15, 0.2) is 5.16 Å². The fourth-order valence-corrected chi connectivity index (χ4v) is 2.27. The fourth-order valence-electron chi connectivity index (χ4n) is 1.50. The molecule has 0 saturated carbocycles. The van der Waals surface area contributed by atoms with Crippen LogP contribution in [0.1, 0.15) is 6.92 Å². The summed E-state index contributed by atoms with van der Waals surface area (Å²) in [4.78, 5) is 0. The summed E-state index contributed by atoms with van der Waals surface area (Å²) >= 11 is 1.61. The molecule has 0 N–H and O–H groups in total. The zero-order valence-corrected chi connectivity index (χ0v) is 11.3. The van der Waals surface area contributed by atoms with Crippen molar-refractivity contribution in [2.45, 2.75) is 12.1 Å². The van der Waals surface area contributed by atoms with Crippen LogP contribution in [0.15, 0.2) is 47.9 Å². The van der Waals surface area contributed by atoms with Crippen LogP contribution in [0.2, 0.25) is 0 Å². The highest BCUT2D eigenvalue weighted by Gasteiger charge is 2.10. The highest BCUT2D eigenvalue weighted by molar-refractivity contribution is 7.99. The van der Waals surface area contributed by atoms with Gasteiger partial charge in [0.2, 0.25) is 0 Å². The van der Waals surface area contributed by atoms with Gasteiger partial charge < -0.3 is 4.74 Å². The van der Waals surface area contributed by atoms with E-state index in [9.17, 15) is 0 Å².